The van der Waals surface area contributed by atoms with Crippen LogP contribution < -0.4 is 28.1 Å². The Bertz CT molecular complexity index is 1010. The molecule has 0 spiro atoms. The first-order chi connectivity index (χ1) is 11.8. The van der Waals surface area contributed by atoms with Gasteiger partial charge in [-0.15, -0.1) is 0 Å². The number of carboxylic acid groups (broad SMARTS) is 1. The van der Waals surface area contributed by atoms with E-state index in [2.05, 4.69) is 25.3 Å². The first kappa shape index (κ1) is 16.3. The second kappa shape index (κ2) is 5.81. The van der Waals surface area contributed by atoms with Gasteiger partial charge in [0.15, 0.2) is 17.0 Å². The summed E-state index contributed by atoms with van der Waals surface area (Å²) in [6.45, 7) is 0. The number of benzene rings is 1. The molecule has 0 aliphatic carbocycles. The zero-order valence-electron chi connectivity index (χ0n) is 12.7. The molecule has 0 aliphatic rings. The molecular weight excluding hydrogens is 328 g/mol. The largest absolute Gasteiger partial charge is 0.478 e. The molecule has 0 fully saturated rings. The van der Waals surface area contributed by atoms with Crippen LogP contribution in [0.15, 0.2) is 35.3 Å². The molecule has 0 bridgehead atoms. The molecule has 0 unspecified atom stereocenters. The number of H-pyrrole nitrogens is 1. The zero-order chi connectivity index (χ0) is 18.2. The Balaban J connectivity index is 1.95. The van der Waals surface area contributed by atoms with Crippen LogP contribution in [-0.2, 0) is 5.79 Å². The van der Waals surface area contributed by atoms with Gasteiger partial charge in [-0.3, -0.25) is 21.2 Å². The number of aromatic carboxylic acids is 1. The van der Waals surface area contributed by atoms with Crippen LogP contribution in [0.5, 0.6) is 0 Å². The fourth-order valence-electron chi connectivity index (χ4n) is 2.13. The van der Waals surface area contributed by atoms with Crippen LogP contribution in [0, 0.1) is 0 Å². The maximum Gasteiger partial charge on any atom is 0.335 e. The molecule has 11 nitrogen and oxygen atoms in total. The summed E-state index contributed by atoms with van der Waals surface area (Å²) in [6.07, 6.45) is 1.27. The fraction of sp³-hybridized carbons (Fsp3) is 0.0714. The van der Waals surface area contributed by atoms with Gasteiger partial charge in [-0.2, -0.15) is 4.98 Å². The molecular formula is C14H14N8O3. The SMILES string of the molecule is Nc1nc2ncc(C(N)(N)Nc3ccc(C(=O)O)cc3)nc2c(=O)[nH]1. The molecule has 1 aromatic carbocycles. The monoisotopic (exact) mass is 342 g/mol. The minimum Gasteiger partial charge on any atom is -0.478 e. The van der Waals surface area contributed by atoms with E-state index in [1.807, 2.05) is 0 Å². The highest BCUT2D eigenvalue weighted by atomic mass is 16.4. The summed E-state index contributed by atoms with van der Waals surface area (Å²) >= 11 is 0. The second-order valence-corrected chi connectivity index (χ2v) is 5.26. The fourth-order valence-corrected chi connectivity index (χ4v) is 2.13. The number of rotatable bonds is 4. The van der Waals surface area contributed by atoms with E-state index in [0.29, 0.717) is 5.69 Å². The normalized spacial score (nSPS) is 11.4. The molecule has 0 saturated carbocycles. The van der Waals surface area contributed by atoms with Crippen LogP contribution in [0.1, 0.15) is 16.1 Å². The summed E-state index contributed by atoms with van der Waals surface area (Å²) in [6, 6.07) is 5.79. The van der Waals surface area contributed by atoms with Gasteiger partial charge < -0.3 is 16.2 Å². The molecule has 2 aromatic heterocycles. The molecule has 0 saturated heterocycles. The van der Waals surface area contributed by atoms with E-state index in [9.17, 15) is 9.59 Å². The van der Waals surface area contributed by atoms with Crippen molar-refractivity contribution in [3.63, 3.8) is 0 Å². The number of carbonyl (C=O) groups is 1. The van der Waals surface area contributed by atoms with Crippen molar-refractivity contribution in [2.75, 3.05) is 11.1 Å². The van der Waals surface area contributed by atoms with Gasteiger partial charge in [-0.25, -0.2) is 14.8 Å². The topological polar surface area (TPSA) is 199 Å². The third-order valence-corrected chi connectivity index (χ3v) is 3.34. The van der Waals surface area contributed by atoms with Crippen LogP contribution >= 0.6 is 0 Å². The van der Waals surface area contributed by atoms with E-state index in [1.54, 1.807) is 0 Å². The van der Waals surface area contributed by atoms with E-state index in [-0.39, 0.29) is 28.4 Å². The standard InChI is InChI=1S/C14H14N8O3/c15-13-20-10-9(11(23)21-13)19-8(5-18-10)14(16,17)22-7-3-1-6(2-4-7)12(24)25/h1-5,22H,16-17H2,(H,24,25)(H3,15,18,20,21,23). The van der Waals surface area contributed by atoms with Gasteiger partial charge in [0.05, 0.1) is 11.8 Å². The van der Waals surface area contributed by atoms with Gasteiger partial charge in [-0.1, -0.05) is 0 Å². The Kier molecular flexibility index (Phi) is 3.79. The van der Waals surface area contributed by atoms with Gasteiger partial charge in [0, 0.05) is 5.69 Å². The minimum absolute atomic E-state index is 0.0602. The van der Waals surface area contributed by atoms with Crippen molar-refractivity contribution in [2.45, 2.75) is 5.79 Å². The van der Waals surface area contributed by atoms with Crippen LogP contribution in [0.3, 0.4) is 0 Å². The number of nitrogens with two attached hydrogens (primary N) is 3. The van der Waals surface area contributed by atoms with E-state index in [0.717, 1.165) is 0 Å². The molecule has 128 valence electrons. The van der Waals surface area contributed by atoms with Crippen molar-refractivity contribution in [3.05, 3.63) is 52.1 Å². The van der Waals surface area contributed by atoms with Crippen LogP contribution in [-0.4, -0.2) is 31.0 Å². The van der Waals surface area contributed by atoms with Crippen LogP contribution in [0.2, 0.25) is 0 Å². The predicted molar refractivity (Wildman–Crippen MR) is 89.4 cm³/mol. The van der Waals surface area contributed by atoms with E-state index in [1.165, 1.54) is 30.5 Å². The Morgan fingerprint density at radius 1 is 1.20 bits per heavy atom. The number of aromatic amines is 1. The molecule has 0 aliphatic heterocycles. The van der Waals surface area contributed by atoms with Gasteiger partial charge in [0.2, 0.25) is 5.95 Å². The average Bonchev–Trinajstić information content (AvgIpc) is 2.54. The summed E-state index contributed by atoms with van der Waals surface area (Å²) in [7, 11) is 0. The molecule has 25 heavy (non-hydrogen) atoms. The summed E-state index contributed by atoms with van der Waals surface area (Å²) in [5, 5.41) is 11.7. The van der Waals surface area contributed by atoms with Gasteiger partial charge >= 0.3 is 5.97 Å². The first-order valence-corrected chi connectivity index (χ1v) is 6.98. The van der Waals surface area contributed by atoms with Gasteiger partial charge in [0.25, 0.3) is 5.56 Å². The van der Waals surface area contributed by atoms with Crippen molar-refractivity contribution >= 4 is 28.8 Å². The lowest BCUT2D eigenvalue weighted by Gasteiger charge is -2.26. The lowest BCUT2D eigenvalue weighted by Crippen LogP contribution is -2.53. The van der Waals surface area contributed by atoms with Crippen molar-refractivity contribution in [3.8, 4) is 0 Å². The maximum atomic E-state index is 11.9. The van der Waals surface area contributed by atoms with E-state index < -0.39 is 17.3 Å². The lowest BCUT2D eigenvalue weighted by molar-refractivity contribution is 0.0697. The quantitative estimate of drug-likeness (QED) is 0.324. The Labute approximate surface area is 139 Å². The summed E-state index contributed by atoms with van der Waals surface area (Å²) < 4.78 is 0. The Morgan fingerprint density at radius 3 is 2.52 bits per heavy atom. The lowest BCUT2D eigenvalue weighted by atomic mass is 10.2. The number of carboxylic acids is 1. The highest BCUT2D eigenvalue weighted by Gasteiger charge is 2.25. The number of hydrogen-bond donors (Lipinski definition) is 6. The molecule has 3 aromatic rings. The summed E-state index contributed by atoms with van der Waals surface area (Å²) in [5.74, 6) is -2.80. The highest BCUT2D eigenvalue weighted by molar-refractivity contribution is 5.88. The van der Waals surface area contributed by atoms with Crippen molar-refractivity contribution in [1.29, 1.82) is 0 Å². The molecule has 3 rings (SSSR count). The van der Waals surface area contributed by atoms with Crippen molar-refractivity contribution in [1.82, 2.24) is 19.9 Å². The summed E-state index contributed by atoms with van der Waals surface area (Å²) in [4.78, 5) is 37.0. The van der Waals surface area contributed by atoms with Gasteiger partial charge in [-0.05, 0) is 24.3 Å². The second-order valence-electron chi connectivity index (χ2n) is 5.26. The number of hydrogen-bond acceptors (Lipinski definition) is 9. The number of fused-ring (bicyclic) bond motifs is 1. The Morgan fingerprint density at radius 2 is 1.88 bits per heavy atom. The third-order valence-electron chi connectivity index (χ3n) is 3.34. The number of aromatic nitrogens is 4. The zero-order valence-corrected chi connectivity index (χ0v) is 12.7. The molecule has 0 amide bonds. The minimum atomic E-state index is -1.67. The molecule has 9 N–H and O–H groups in total. The molecule has 2 heterocycles. The van der Waals surface area contributed by atoms with Crippen molar-refractivity contribution in [2.24, 2.45) is 11.5 Å². The molecule has 0 atom stereocenters. The van der Waals surface area contributed by atoms with Crippen molar-refractivity contribution < 1.29 is 9.90 Å². The first-order valence-electron chi connectivity index (χ1n) is 6.98. The molecule has 0 radical (unpaired) electrons. The highest BCUT2D eigenvalue weighted by Crippen LogP contribution is 2.17. The molecule has 11 heteroatoms. The average molecular weight is 342 g/mol. The van der Waals surface area contributed by atoms with E-state index >= 15 is 0 Å². The number of nitrogens with zero attached hydrogens (tertiary/aromatic N) is 3. The number of anilines is 2. The van der Waals surface area contributed by atoms with Crippen LogP contribution in [0.4, 0.5) is 11.6 Å². The third kappa shape index (κ3) is 3.22. The van der Waals surface area contributed by atoms with Gasteiger partial charge in [0.1, 0.15) is 5.69 Å². The summed E-state index contributed by atoms with van der Waals surface area (Å²) in [5.41, 5.74) is 17.6. The van der Waals surface area contributed by atoms with Crippen LogP contribution in [0.25, 0.3) is 11.2 Å². The Hall–Kier alpha value is -3.57. The smallest absolute Gasteiger partial charge is 0.335 e. The number of nitrogen functional groups attached to an aromatic ring is 1. The number of nitrogens with one attached hydrogen (secondary N) is 2. The van der Waals surface area contributed by atoms with E-state index in [4.69, 9.17) is 22.3 Å². The maximum absolute atomic E-state index is 11.9. The predicted octanol–water partition coefficient (Wildman–Crippen LogP) is -0.867.